The van der Waals surface area contributed by atoms with Crippen LogP contribution < -0.4 is 9.64 Å². The third kappa shape index (κ3) is 2.60. The Morgan fingerprint density at radius 1 is 1.25 bits per heavy atom. The van der Waals surface area contributed by atoms with Crippen LogP contribution in [0.3, 0.4) is 0 Å². The van der Waals surface area contributed by atoms with Crippen LogP contribution in [0.5, 0.6) is 5.75 Å². The van der Waals surface area contributed by atoms with Crippen LogP contribution in [0.1, 0.15) is 0 Å². The Labute approximate surface area is 123 Å². The van der Waals surface area contributed by atoms with Crippen LogP contribution in [0.25, 0.3) is 0 Å². The molecule has 2 aliphatic rings. The third-order valence-corrected chi connectivity index (χ3v) is 4.26. The van der Waals surface area contributed by atoms with Gasteiger partial charge in [0.1, 0.15) is 11.4 Å². The second-order valence-electron chi connectivity index (χ2n) is 5.19. The van der Waals surface area contributed by atoms with E-state index in [0.717, 1.165) is 39.4 Å². The highest BCUT2D eigenvalue weighted by Crippen LogP contribution is 2.34. The van der Waals surface area contributed by atoms with E-state index in [1.165, 1.54) is 6.07 Å². The van der Waals surface area contributed by atoms with Crippen LogP contribution >= 0.6 is 12.6 Å². The number of ether oxygens (including phenoxy) is 2. The zero-order chi connectivity index (χ0) is 14.1. The van der Waals surface area contributed by atoms with Gasteiger partial charge in [0.05, 0.1) is 26.4 Å². The molecule has 6 heteroatoms. The van der Waals surface area contributed by atoms with Crippen LogP contribution in [0.2, 0.25) is 0 Å². The monoisotopic (exact) mass is 298 g/mol. The van der Waals surface area contributed by atoms with Crippen molar-refractivity contribution in [1.29, 1.82) is 0 Å². The Kier molecular flexibility index (Phi) is 4.05. The molecule has 1 aromatic rings. The molecule has 3 rings (SSSR count). The van der Waals surface area contributed by atoms with E-state index in [2.05, 4.69) is 22.4 Å². The Morgan fingerprint density at radius 3 is 2.50 bits per heavy atom. The van der Waals surface area contributed by atoms with E-state index in [4.69, 9.17) is 9.47 Å². The van der Waals surface area contributed by atoms with E-state index in [1.807, 2.05) is 0 Å². The van der Waals surface area contributed by atoms with E-state index in [9.17, 15) is 4.39 Å². The summed E-state index contributed by atoms with van der Waals surface area (Å²) in [7, 11) is 1.56. The number of methoxy groups -OCH3 is 1. The number of thiol groups is 1. The largest absolute Gasteiger partial charge is 0.494 e. The van der Waals surface area contributed by atoms with Crippen molar-refractivity contribution in [3.05, 3.63) is 17.9 Å². The zero-order valence-corrected chi connectivity index (χ0v) is 12.4. The molecule has 2 aliphatic heterocycles. The number of anilines is 1. The summed E-state index contributed by atoms with van der Waals surface area (Å²) >= 11 is 4.19. The Balaban J connectivity index is 1.74. The first-order chi connectivity index (χ1) is 9.69. The molecule has 2 heterocycles. The smallest absolute Gasteiger partial charge is 0.151 e. The van der Waals surface area contributed by atoms with Crippen LogP contribution in [0, 0.1) is 5.82 Å². The molecule has 0 amide bonds. The highest BCUT2D eigenvalue weighted by atomic mass is 32.1. The van der Waals surface area contributed by atoms with Crippen molar-refractivity contribution in [2.24, 2.45) is 0 Å². The first kappa shape index (κ1) is 14.0. The van der Waals surface area contributed by atoms with Gasteiger partial charge in [-0.3, -0.25) is 4.90 Å². The number of rotatable bonds is 3. The van der Waals surface area contributed by atoms with Gasteiger partial charge in [0.25, 0.3) is 0 Å². The summed E-state index contributed by atoms with van der Waals surface area (Å²) in [4.78, 5) is 5.04. The fourth-order valence-electron chi connectivity index (χ4n) is 2.77. The van der Waals surface area contributed by atoms with Gasteiger partial charge < -0.3 is 14.4 Å². The predicted molar refractivity (Wildman–Crippen MR) is 78.6 cm³/mol. The number of hydrogen-bond donors (Lipinski definition) is 1. The lowest BCUT2D eigenvalue weighted by Crippen LogP contribution is -2.56. The quantitative estimate of drug-likeness (QED) is 0.858. The van der Waals surface area contributed by atoms with Crippen molar-refractivity contribution in [2.75, 3.05) is 51.4 Å². The number of halogens is 1. The molecule has 0 saturated carbocycles. The van der Waals surface area contributed by atoms with E-state index in [-0.39, 0.29) is 5.82 Å². The van der Waals surface area contributed by atoms with Crippen LogP contribution in [-0.2, 0) is 4.74 Å². The normalized spacial score (nSPS) is 20.9. The molecule has 4 nitrogen and oxygen atoms in total. The van der Waals surface area contributed by atoms with Gasteiger partial charge >= 0.3 is 0 Å². The molecule has 1 aromatic carbocycles. The minimum atomic E-state index is -0.269. The maximum Gasteiger partial charge on any atom is 0.151 e. The number of hydrogen-bond acceptors (Lipinski definition) is 5. The summed E-state index contributed by atoms with van der Waals surface area (Å²) < 4.78 is 24.7. The molecule has 0 bridgehead atoms. The lowest BCUT2D eigenvalue weighted by molar-refractivity contribution is -0.0661. The summed E-state index contributed by atoms with van der Waals surface area (Å²) in [6.07, 6.45) is 0. The van der Waals surface area contributed by atoms with Gasteiger partial charge in [-0.25, -0.2) is 4.39 Å². The lowest BCUT2D eigenvalue weighted by Gasteiger charge is -2.43. The summed E-state index contributed by atoms with van der Waals surface area (Å²) in [5.41, 5.74) is 0.551. The molecule has 2 saturated heterocycles. The topological polar surface area (TPSA) is 24.9 Å². The SMILES string of the molecule is COc1cc(S)cc(F)c1N1CCN(C2COC2)CC1. The highest BCUT2D eigenvalue weighted by molar-refractivity contribution is 7.80. The third-order valence-electron chi connectivity index (χ3n) is 4.00. The van der Waals surface area contributed by atoms with Gasteiger partial charge in [0.2, 0.25) is 0 Å². The van der Waals surface area contributed by atoms with Gasteiger partial charge in [0.15, 0.2) is 5.82 Å². The maximum atomic E-state index is 14.2. The molecular formula is C14H19FN2O2S. The average Bonchev–Trinajstić information content (AvgIpc) is 2.37. The van der Waals surface area contributed by atoms with Gasteiger partial charge in [-0.2, -0.15) is 0 Å². The number of piperazine rings is 1. The minimum Gasteiger partial charge on any atom is -0.494 e. The summed E-state index contributed by atoms with van der Waals surface area (Å²) in [5.74, 6) is 0.283. The molecule has 0 N–H and O–H groups in total. The van der Waals surface area contributed by atoms with Crippen molar-refractivity contribution >= 4 is 18.3 Å². The van der Waals surface area contributed by atoms with E-state index >= 15 is 0 Å². The lowest BCUT2D eigenvalue weighted by atomic mass is 10.1. The van der Waals surface area contributed by atoms with Crippen molar-refractivity contribution in [2.45, 2.75) is 10.9 Å². The Morgan fingerprint density at radius 2 is 1.95 bits per heavy atom. The van der Waals surface area contributed by atoms with E-state index < -0.39 is 0 Å². The second kappa shape index (κ2) is 5.79. The predicted octanol–water partition coefficient (Wildman–Crippen LogP) is 1.64. The van der Waals surface area contributed by atoms with Crippen LogP contribution in [0.15, 0.2) is 17.0 Å². The van der Waals surface area contributed by atoms with E-state index in [0.29, 0.717) is 22.4 Å². The fraction of sp³-hybridized carbons (Fsp3) is 0.571. The second-order valence-corrected chi connectivity index (χ2v) is 5.71. The number of benzene rings is 1. The molecule has 0 unspecified atom stereocenters. The molecule has 0 spiro atoms. The van der Waals surface area contributed by atoms with Gasteiger partial charge in [-0.1, -0.05) is 0 Å². The molecule has 0 radical (unpaired) electrons. The van der Waals surface area contributed by atoms with Crippen LogP contribution in [-0.4, -0.2) is 57.4 Å². The van der Waals surface area contributed by atoms with Crippen molar-refractivity contribution in [3.63, 3.8) is 0 Å². The fourth-order valence-corrected chi connectivity index (χ4v) is 3.00. The summed E-state index contributed by atoms with van der Waals surface area (Å²) in [6.45, 7) is 5.11. The molecule has 2 fully saturated rings. The Bertz CT molecular complexity index is 488. The van der Waals surface area contributed by atoms with Gasteiger partial charge in [-0.15, -0.1) is 12.6 Å². The minimum absolute atomic E-state index is 0.269. The highest BCUT2D eigenvalue weighted by Gasteiger charge is 2.30. The first-order valence-corrected chi connectivity index (χ1v) is 7.27. The van der Waals surface area contributed by atoms with Crippen molar-refractivity contribution in [3.8, 4) is 5.75 Å². The molecule has 0 aromatic heterocycles. The van der Waals surface area contributed by atoms with Crippen LogP contribution in [0.4, 0.5) is 10.1 Å². The zero-order valence-electron chi connectivity index (χ0n) is 11.5. The Hall–Kier alpha value is -0.980. The molecule has 110 valence electrons. The van der Waals surface area contributed by atoms with E-state index in [1.54, 1.807) is 13.2 Å². The van der Waals surface area contributed by atoms with Crippen molar-refractivity contribution < 1.29 is 13.9 Å². The summed E-state index contributed by atoms with van der Waals surface area (Å²) in [5, 5.41) is 0. The first-order valence-electron chi connectivity index (χ1n) is 6.82. The van der Waals surface area contributed by atoms with Gasteiger partial charge in [0, 0.05) is 31.1 Å². The molecule has 0 atom stereocenters. The van der Waals surface area contributed by atoms with Gasteiger partial charge in [-0.05, 0) is 12.1 Å². The molecular weight excluding hydrogens is 279 g/mol. The van der Waals surface area contributed by atoms with Crippen molar-refractivity contribution in [1.82, 2.24) is 4.90 Å². The molecule has 0 aliphatic carbocycles. The maximum absolute atomic E-state index is 14.2. The summed E-state index contributed by atoms with van der Waals surface area (Å²) in [6, 6.07) is 3.74. The number of nitrogens with zero attached hydrogens (tertiary/aromatic N) is 2. The molecule has 20 heavy (non-hydrogen) atoms. The average molecular weight is 298 g/mol. The standard InChI is InChI=1S/C14H19FN2O2S/c1-18-13-7-11(20)6-12(15)14(13)17-4-2-16(3-5-17)10-8-19-9-10/h6-7,10,20H,2-5,8-9H2,1H3.